The summed E-state index contributed by atoms with van der Waals surface area (Å²) in [5.41, 5.74) is 0.0390. The smallest absolute Gasteiger partial charge is 0.350 e. The molecule has 0 radical (unpaired) electrons. The Balaban J connectivity index is 1.49. The zero-order valence-electron chi connectivity index (χ0n) is 15.9. The fourth-order valence-electron chi connectivity index (χ4n) is 3.21. The van der Waals surface area contributed by atoms with Gasteiger partial charge < -0.3 is 9.64 Å². The lowest BCUT2D eigenvalue weighted by atomic mass is 10.1. The second-order valence-corrected chi connectivity index (χ2v) is 6.66. The minimum absolute atomic E-state index is 0.0966. The Hall–Kier alpha value is -3.08. The van der Waals surface area contributed by atoms with Crippen molar-refractivity contribution in [1.29, 1.82) is 0 Å². The molecule has 9 nitrogen and oxygen atoms in total. The molecule has 2 aromatic rings. The number of ether oxygens (including phenoxy) is 1. The van der Waals surface area contributed by atoms with E-state index in [2.05, 4.69) is 5.10 Å². The summed E-state index contributed by atoms with van der Waals surface area (Å²) < 4.78 is 33.3. The van der Waals surface area contributed by atoms with Gasteiger partial charge in [-0.25, -0.2) is 8.78 Å². The number of nitrogens with zero attached hydrogens (tertiary/aromatic N) is 5. The van der Waals surface area contributed by atoms with Crippen LogP contribution < -0.4 is 4.74 Å². The molecule has 1 aliphatic heterocycles. The number of carbonyl (C=O) groups is 1. The van der Waals surface area contributed by atoms with Crippen molar-refractivity contribution in [3.8, 4) is 5.88 Å². The maximum absolute atomic E-state index is 13.8. The second kappa shape index (κ2) is 8.95. The van der Waals surface area contributed by atoms with Crippen LogP contribution in [-0.2, 0) is 17.9 Å². The van der Waals surface area contributed by atoms with Crippen molar-refractivity contribution in [3.63, 3.8) is 0 Å². The number of carbonyl (C=O) groups excluding carboxylic acids is 1. The van der Waals surface area contributed by atoms with Gasteiger partial charge in [0.25, 0.3) is 0 Å². The highest BCUT2D eigenvalue weighted by Gasteiger charge is 2.24. The van der Waals surface area contributed by atoms with Gasteiger partial charge in [-0.05, 0) is 6.07 Å². The molecule has 1 aromatic heterocycles. The minimum Gasteiger partial charge on any atom is -0.475 e. The fourth-order valence-corrected chi connectivity index (χ4v) is 3.21. The molecule has 0 spiro atoms. The molecule has 0 atom stereocenters. The van der Waals surface area contributed by atoms with Gasteiger partial charge in [0.05, 0.1) is 18.6 Å². The lowest BCUT2D eigenvalue weighted by Crippen LogP contribution is -2.48. The van der Waals surface area contributed by atoms with Crippen LogP contribution in [-0.4, -0.2) is 63.7 Å². The molecule has 0 bridgehead atoms. The highest BCUT2D eigenvalue weighted by Crippen LogP contribution is 2.24. The Labute approximate surface area is 165 Å². The van der Waals surface area contributed by atoms with E-state index in [-0.39, 0.29) is 37.0 Å². The summed E-state index contributed by atoms with van der Waals surface area (Å²) in [5.74, 6) is -1.90. The van der Waals surface area contributed by atoms with Crippen LogP contribution in [0.2, 0.25) is 0 Å². The maximum Gasteiger partial charge on any atom is 0.350 e. The standard InChI is InChI=1S/C18H21F2N5O4/c1-29-18-15(25(27)28)12-24(21-18)6-5-16(26)23-9-7-22(8-10-23)11-13-3-2-4-14(19)17(13)20/h2-4,12H,5-11H2,1H3. The third-order valence-electron chi connectivity index (χ3n) is 4.81. The van der Waals surface area contributed by atoms with E-state index in [4.69, 9.17) is 4.74 Å². The van der Waals surface area contributed by atoms with Crippen molar-refractivity contribution in [1.82, 2.24) is 19.6 Å². The van der Waals surface area contributed by atoms with Crippen LogP contribution in [0.25, 0.3) is 0 Å². The van der Waals surface area contributed by atoms with Gasteiger partial charge in [0, 0.05) is 44.7 Å². The van der Waals surface area contributed by atoms with Crippen LogP contribution in [0.5, 0.6) is 5.88 Å². The molecule has 0 unspecified atom stereocenters. The number of nitro groups is 1. The average Bonchev–Trinajstić information content (AvgIpc) is 3.14. The van der Waals surface area contributed by atoms with Crippen molar-refractivity contribution < 1.29 is 23.2 Å². The maximum atomic E-state index is 13.8. The number of methoxy groups -OCH3 is 1. The van der Waals surface area contributed by atoms with E-state index in [0.717, 1.165) is 6.07 Å². The number of aromatic nitrogens is 2. The largest absolute Gasteiger partial charge is 0.475 e. The predicted molar refractivity (Wildman–Crippen MR) is 98.3 cm³/mol. The monoisotopic (exact) mass is 409 g/mol. The number of amides is 1. The molecule has 3 rings (SSSR count). The average molecular weight is 409 g/mol. The summed E-state index contributed by atoms with van der Waals surface area (Å²) in [6, 6.07) is 4.11. The zero-order valence-corrected chi connectivity index (χ0v) is 15.9. The van der Waals surface area contributed by atoms with Gasteiger partial charge >= 0.3 is 11.6 Å². The SMILES string of the molecule is COc1nn(CCC(=O)N2CCN(Cc3cccc(F)c3F)CC2)cc1[N+](=O)[O-]. The number of rotatable bonds is 7. The van der Waals surface area contributed by atoms with E-state index < -0.39 is 16.6 Å². The number of piperazine rings is 1. The Morgan fingerprint density at radius 1 is 1.28 bits per heavy atom. The molecule has 11 heteroatoms. The first-order valence-corrected chi connectivity index (χ1v) is 9.08. The molecular formula is C18H21F2N5O4. The topological polar surface area (TPSA) is 93.7 Å². The third-order valence-corrected chi connectivity index (χ3v) is 4.81. The molecule has 0 saturated carbocycles. The Morgan fingerprint density at radius 2 is 2.00 bits per heavy atom. The minimum atomic E-state index is -0.869. The Kier molecular flexibility index (Phi) is 6.37. The van der Waals surface area contributed by atoms with Crippen LogP contribution >= 0.6 is 0 Å². The van der Waals surface area contributed by atoms with Gasteiger partial charge in [0.1, 0.15) is 6.20 Å². The van der Waals surface area contributed by atoms with Gasteiger partial charge in [0.15, 0.2) is 11.6 Å². The van der Waals surface area contributed by atoms with E-state index in [1.165, 1.54) is 24.1 Å². The van der Waals surface area contributed by atoms with Crippen LogP contribution in [0.3, 0.4) is 0 Å². The molecule has 156 valence electrons. The van der Waals surface area contributed by atoms with Crippen LogP contribution in [0.4, 0.5) is 14.5 Å². The summed E-state index contributed by atoms with van der Waals surface area (Å²) in [6.45, 7) is 2.50. The Bertz CT molecular complexity index is 896. The zero-order chi connectivity index (χ0) is 21.0. The fraction of sp³-hybridized carbons (Fsp3) is 0.444. The number of aryl methyl sites for hydroxylation is 1. The first kappa shape index (κ1) is 20.6. The summed E-state index contributed by atoms with van der Waals surface area (Å²) in [7, 11) is 1.29. The van der Waals surface area contributed by atoms with E-state index >= 15 is 0 Å². The lowest BCUT2D eigenvalue weighted by Gasteiger charge is -2.34. The lowest BCUT2D eigenvalue weighted by molar-refractivity contribution is -0.385. The van der Waals surface area contributed by atoms with Crippen molar-refractivity contribution in [3.05, 3.63) is 51.7 Å². The van der Waals surface area contributed by atoms with Crippen LogP contribution in [0.1, 0.15) is 12.0 Å². The highest BCUT2D eigenvalue weighted by molar-refractivity contribution is 5.76. The molecule has 1 fully saturated rings. The van der Waals surface area contributed by atoms with Crippen molar-refractivity contribution in [2.75, 3.05) is 33.3 Å². The first-order valence-electron chi connectivity index (χ1n) is 9.08. The number of hydrogen-bond donors (Lipinski definition) is 0. The molecule has 29 heavy (non-hydrogen) atoms. The second-order valence-electron chi connectivity index (χ2n) is 6.66. The number of hydrogen-bond acceptors (Lipinski definition) is 6. The summed E-state index contributed by atoms with van der Waals surface area (Å²) in [6.07, 6.45) is 1.37. The van der Waals surface area contributed by atoms with Gasteiger partial charge in [-0.3, -0.25) is 24.5 Å². The number of halogens is 2. The summed E-state index contributed by atoms with van der Waals surface area (Å²) in [5, 5.41) is 14.9. The predicted octanol–water partition coefficient (Wildman–Crippen LogP) is 1.81. The van der Waals surface area contributed by atoms with Crippen LogP contribution in [0.15, 0.2) is 24.4 Å². The van der Waals surface area contributed by atoms with Crippen LogP contribution in [0, 0.1) is 21.7 Å². The van der Waals surface area contributed by atoms with Gasteiger partial charge in [-0.1, -0.05) is 12.1 Å². The highest BCUT2D eigenvalue weighted by atomic mass is 19.2. The third kappa shape index (κ3) is 4.86. The molecule has 1 saturated heterocycles. The molecule has 1 aliphatic rings. The van der Waals surface area contributed by atoms with E-state index in [0.29, 0.717) is 31.7 Å². The summed E-state index contributed by atoms with van der Waals surface area (Å²) in [4.78, 5) is 26.4. The van der Waals surface area contributed by atoms with Gasteiger partial charge in [0.2, 0.25) is 5.91 Å². The van der Waals surface area contributed by atoms with E-state index in [1.807, 2.05) is 4.90 Å². The normalized spacial score (nSPS) is 14.8. The molecule has 0 aliphatic carbocycles. The number of benzene rings is 1. The molecule has 1 amide bonds. The Morgan fingerprint density at radius 3 is 2.62 bits per heavy atom. The first-order chi connectivity index (χ1) is 13.9. The van der Waals surface area contributed by atoms with Crippen molar-refractivity contribution >= 4 is 11.6 Å². The molecule has 0 N–H and O–H groups in total. The quantitative estimate of drug-likeness (QED) is 0.512. The molecule has 2 heterocycles. The van der Waals surface area contributed by atoms with Gasteiger partial charge in [-0.2, -0.15) is 0 Å². The molecular weight excluding hydrogens is 388 g/mol. The van der Waals surface area contributed by atoms with Crippen molar-refractivity contribution in [2.45, 2.75) is 19.5 Å². The molecule has 1 aromatic carbocycles. The summed E-state index contributed by atoms with van der Waals surface area (Å²) >= 11 is 0. The van der Waals surface area contributed by atoms with E-state index in [9.17, 15) is 23.7 Å². The van der Waals surface area contributed by atoms with E-state index in [1.54, 1.807) is 11.0 Å². The van der Waals surface area contributed by atoms with Gasteiger partial charge in [-0.15, -0.1) is 5.10 Å². The van der Waals surface area contributed by atoms with Crippen molar-refractivity contribution in [2.24, 2.45) is 0 Å².